The van der Waals surface area contributed by atoms with Crippen LogP contribution < -0.4 is 10.6 Å². The molecule has 4 fully saturated rings. The molecule has 15 nitrogen and oxygen atoms in total. The number of amides is 3. The number of rotatable bonds is 13. The highest BCUT2D eigenvalue weighted by Crippen LogP contribution is 2.39. The largest absolute Gasteiger partial charge is 0.465 e. The van der Waals surface area contributed by atoms with E-state index in [-0.39, 0.29) is 35.9 Å². The number of carbonyl (C=O) groups excluding carboxylic acids is 2. The average Bonchev–Trinajstić information content (AvgIpc) is 3.88. The number of aromatic amines is 2. The van der Waals surface area contributed by atoms with Crippen LogP contribution >= 0.6 is 0 Å². The van der Waals surface area contributed by atoms with Crippen molar-refractivity contribution in [3.8, 4) is 33.9 Å². The van der Waals surface area contributed by atoms with Gasteiger partial charge in [0, 0.05) is 43.7 Å². The fourth-order valence-corrected chi connectivity index (χ4v) is 7.71. The number of nitrogens with one attached hydrogen (secondary N) is 4. The first-order valence-electron chi connectivity index (χ1n) is 18.2. The fourth-order valence-electron chi connectivity index (χ4n) is 7.71. The number of methoxy groups -OCH3 is 1. The lowest BCUT2D eigenvalue weighted by Crippen LogP contribution is -2.49. The van der Waals surface area contributed by atoms with Crippen molar-refractivity contribution in [3.63, 3.8) is 0 Å². The molecule has 2 saturated carbocycles. The van der Waals surface area contributed by atoms with Gasteiger partial charge in [0.2, 0.25) is 11.8 Å². The van der Waals surface area contributed by atoms with Crippen molar-refractivity contribution in [2.24, 2.45) is 11.8 Å². The maximum Gasteiger partial charge on any atom is 0.405 e. The Labute approximate surface area is 301 Å². The van der Waals surface area contributed by atoms with Gasteiger partial charge < -0.3 is 34.9 Å². The summed E-state index contributed by atoms with van der Waals surface area (Å²) in [4.78, 5) is 67.4. The first-order valence-corrected chi connectivity index (χ1v) is 18.2. The monoisotopic (exact) mass is 708 g/mol. The summed E-state index contributed by atoms with van der Waals surface area (Å²) in [6.45, 7) is 1.65. The van der Waals surface area contributed by atoms with Gasteiger partial charge in [-0.15, -0.1) is 0 Å². The molecule has 0 radical (unpaired) electrons. The number of likely N-dealkylation sites (tertiary alicyclic amines) is 2. The Kier molecular flexibility index (Phi) is 9.45. The highest BCUT2D eigenvalue weighted by molar-refractivity contribution is 5.86. The summed E-state index contributed by atoms with van der Waals surface area (Å²) >= 11 is 0. The standard InChI is InChI=1S/C37H44N10O5/c1-52-20-42-30(22-8-9-22)35(48)46-14-2-4-28(46)33-40-18-26(43-33)21-6-12-24(13-7-21)32-38-16-25(17-39-32)27-19-41-34(44-27)29-5-3-15-47(29)36(49)31(23-10-11-23)45-37(50)51/h6-7,12-13,16-19,22-23,28-31,42,45H,2-5,8-11,14-15,20H2,1H3,(H,40,43)(H,41,44)(H,50,51)/t28-,29-,30-,31-/m0/s1. The molecule has 3 aromatic heterocycles. The van der Waals surface area contributed by atoms with E-state index in [1.165, 1.54) is 0 Å². The van der Waals surface area contributed by atoms with Crippen LogP contribution in [0.25, 0.3) is 33.9 Å². The summed E-state index contributed by atoms with van der Waals surface area (Å²) in [5.74, 6) is 2.43. The maximum absolute atomic E-state index is 13.5. The smallest absolute Gasteiger partial charge is 0.405 e. The molecule has 52 heavy (non-hydrogen) atoms. The number of carboxylic acid groups (broad SMARTS) is 1. The molecule has 4 atom stereocenters. The Morgan fingerprint density at radius 2 is 1.27 bits per heavy atom. The molecule has 0 bridgehead atoms. The number of nitrogens with zero attached hydrogens (tertiary/aromatic N) is 6. The quantitative estimate of drug-likeness (QED) is 0.125. The molecule has 2 aliphatic heterocycles. The summed E-state index contributed by atoms with van der Waals surface area (Å²) in [5, 5.41) is 15.0. The van der Waals surface area contributed by atoms with Crippen molar-refractivity contribution in [3.05, 3.63) is 60.7 Å². The zero-order valence-corrected chi connectivity index (χ0v) is 29.1. The van der Waals surface area contributed by atoms with Crippen LogP contribution in [-0.4, -0.2) is 102 Å². The molecule has 4 aliphatic rings. The highest BCUT2D eigenvalue weighted by atomic mass is 16.5. The van der Waals surface area contributed by atoms with Crippen LogP contribution in [0.15, 0.2) is 49.1 Å². The molecule has 15 heteroatoms. The minimum atomic E-state index is -1.18. The van der Waals surface area contributed by atoms with E-state index >= 15 is 0 Å². The van der Waals surface area contributed by atoms with E-state index in [0.717, 1.165) is 91.8 Å². The first kappa shape index (κ1) is 34.0. The number of hydrogen-bond donors (Lipinski definition) is 5. The van der Waals surface area contributed by atoms with E-state index in [0.29, 0.717) is 30.8 Å². The summed E-state index contributed by atoms with van der Waals surface area (Å²) in [7, 11) is 1.63. The van der Waals surface area contributed by atoms with Crippen molar-refractivity contribution >= 4 is 17.9 Å². The minimum Gasteiger partial charge on any atom is -0.465 e. The van der Waals surface area contributed by atoms with Crippen LogP contribution in [0.4, 0.5) is 4.79 Å². The number of carbonyl (C=O) groups is 3. The molecular formula is C37H44N10O5. The third-order valence-corrected chi connectivity index (χ3v) is 10.8. The van der Waals surface area contributed by atoms with Gasteiger partial charge in [-0.25, -0.2) is 24.7 Å². The van der Waals surface area contributed by atoms with Crippen LogP contribution in [0, 0.1) is 11.8 Å². The Morgan fingerprint density at radius 3 is 1.81 bits per heavy atom. The van der Waals surface area contributed by atoms with Crippen LogP contribution in [0.5, 0.6) is 0 Å². The Morgan fingerprint density at radius 1 is 0.750 bits per heavy atom. The lowest BCUT2D eigenvalue weighted by molar-refractivity contribution is -0.136. The fraction of sp³-hybridized carbons (Fsp3) is 0.486. The van der Waals surface area contributed by atoms with Crippen LogP contribution in [-0.2, 0) is 14.3 Å². The van der Waals surface area contributed by atoms with E-state index in [9.17, 15) is 19.5 Å². The molecule has 0 unspecified atom stereocenters. The van der Waals surface area contributed by atoms with Gasteiger partial charge in [-0.2, -0.15) is 0 Å². The predicted octanol–water partition coefficient (Wildman–Crippen LogP) is 4.27. The van der Waals surface area contributed by atoms with Crippen molar-refractivity contribution in [1.29, 1.82) is 0 Å². The number of hydrogen-bond acceptors (Lipinski definition) is 9. The topological polar surface area (TPSA) is 194 Å². The summed E-state index contributed by atoms with van der Waals surface area (Å²) < 4.78 is 5.20. The molecule has 5 heterocycles. The second-order valence-electron chi connectivity index (χ2n) is 14.3. The van der Waals surface area contributed by atoms with Crippen molar-refractivity contribution in [1.82, 2.24) is 50.3 Å². The van der Waals surface area contributed by atoms with Gasteiger partial charge in [-0.05, 0) is 68.8 Å². The van der Waals surface area contributed by atoms with Gasteiger partial charge in [0.25, 0.3) is 0 Å². The molecule has 1 aromatic carbocycles. The van der Waals surface area contributed by atoms with E-state index in [1.807, 2.05) is 35.4 Å². The second-order valence-corrected chi connectivity index (χ2v) is 14.3. The molecule has 3 amide bonds. The van der Waals surface area contributed by atoms with Gasteiger partial charge in [-0.3, -0.25) is 14.9 Å². The first-order chi connectivity index (χ1) is 25.4. The molecular weight excluding hydrogens is 664 g/mol. The zero-order chi connectivity index (χ0) is 35.8. The predicted molar refractivity (Wildman–Crippen MR) is 189 cm³/mol. The zero-order valence-electron chi connectivity index (χ0n) is 29.1. The molecule has 2 aliphatic carbocycles. The normalized spacial score (nSPS) is 21.3. The van der Waals surface area contributed by atoms with E-state index < -0.39 is 12.1 Å². The van der Waals surface area contributed by atoms with E-state index in [4.69, 9.17) is 9.72 Å². The maximum atomic E-state index is 13.5. The Bertz CT molecular complexity index is 1900. The summed E-state index contributed by atoms with van der Waals surface area (Å²) in [6, 6.07) is 6.72. The van der Waals surface area contributed by atoms with Gasteiger partial charge in [-0.1, -0.05) is 24.3 Å². The van der Waals surface area contributed by atoms with Crippen molar-refractivity contribution < 1.29 is 24.2 Å². The Hall–Kier alpha value is -5.15. The number of benzene rings is 1. The highest BCUT2D eigenvalue weighted by Gasteiger charge is 2.44. The average molecular weight is 709 g/mol. The number of ether oxygens (including phenoxy) is 1. The molecule has 5 N–H and O–H groups in total. The van der Waals surface area contributed by atoms with Crippen LogP contribution in [0.3, 0.4) is 0 Å². The Balaban J connectivity index is 0.913. The molecule has 8 rings (SSSR count). The lowest BCUT2D eigenvalue weighted by atomic mass is 10.1. The van der Waals surface area contributed by atoms with E-state index in [2.05, 4.69) is 35.6 Å². The lowest BCUT2D eigenvalue weighted by Gasteiger charge is -2.28. The van der Waals surface area contributed by atoms with Gasteiger partial charge in [0.05, 0.1) is 48.6 Å². The van der Waals surface area contributed by atoms with Crippen molar-refractivity contribution in [2.75, 3.05) is 26.9 Å². The van der Waals surface area contributed by atoms with Crippen LogP contribution in [0.1, 0.15) is 75.1 Å². The van der Waals surface area contributed by atoms with Gasteiger partial charge >= 0.3 is 6.09 Å². The van der Waals surface area contributed by atoms with E-state index in [1.54, 1.807) is 30.6 Å². The number of H-pyrrole nitrogens is 2. The van der Waals surface area contributed by atoms with Gasteiger partial charge in [0.1, 0.15) is 17.7 Å². The second kappa shape index (κ2) is 14.5. The molecule has 4 aromatic rings. The third kappa shape index (κ3) is 7.02. The molecule has 272 valence electrons. The summed E-state index contributed by atoms with van der Waals surface area (Å²) in [6.07, 6.45) is 13.1. The third-order valence-electron chi connectivity index (χ3n) is 10.8. The molecule has 0 spiro atoms. The minimum absolute atomic E-state index is 0.0581. The SMILES string of the molecule is COCN[C@H](C(=O)N1CCC[C@H]1c1ncc(-c2ccc(-c3ncc(-c4cnc([C@@H]5CCCN5C(=O)[C@@H](NC(=O)O)C5CC5)[nH]4)cn3)cc2)[nH]1)C1CC1. The molecule has 2 saturated heterocycles. The number of imidazole rings is 2. The van der Waals surface area contributed by atoms with Gasteiger partial charge in [0.15, 0.2) is 5.82 Å². The summed E-state index contributed by atoms with van der Waals surface area (Å²) in [5.41, 5.74) is 4.22. The van der Waals surface area contributed by atoms with Crippen molar-refractivity contribution in [2.45, 2.75) is 75.5 Å². The van der Waals surface area contributed by atoms with Crippen LogP contribution in [0.2, 0.25) is 0 Å². The number of aromatic nitrogens is 6.